The van der Waals surface area contributed by atoms with Crippen LogP contribution in [0.3, 0.4) is 0 Å². The number of hydrogen-bond donors (Lipinski definition) is 1. The Morgan fingerprint density at radius 3 is 2.89 bits per heavy atom. The molecule has 0 fully saturated rings. The Bertz CT molecular complexity index is 543. The fraction of sp³-hybridized carbons (Fsp3) is 0.214. The number of halogens is 2. The standard InChI is InChI=1S/C14H14ClFN2/c1-10-9-12(16)5-4-11(10)6-8-18-14-13(15)3-2-7-17-14/h2-5,7,9H,6,8H2,1H3,(H,17,18). The van der Waals surface area contributed by atoms with Crippen molar-refractivity contribution in [2.24, 2.45) is 0 Å². The first kappa shape index (κ1) is 12.8. The van der Waals surface area contributed by atoms with Crippen molar-refractivity contribution in [2.75, 3.05) is 11.9 Å². The summed E-state index contributed by atoms with van der Waals surface area (Å²) in [6.45, 7) is 2.62. The van der Waals surface area contributed by atoms with E-state index in [9.17, 15) is 4.39 Å². The van der Waals surface area contributed by atoms with Gasteiger partial charge in [0, 0.05) is 12.7 Å². The lowest BCUT2D eigenvalue weighted by Gasteiger charge is -2.09. The number of rotatable bonds is 4. The summed E-state index contributed by atoms with van der Waals surface area (Å²) in [5.74, 6) is 0.482. The molecule has 18 heavy (non-hydrogen) atoms. The van der Waals surface area contributed by atoms with Gasteiger partial charge in [0.1, 0.15) is 11.6 Å². The molecule has 2 nitrogen and oxygen atoms in total. The number of nitrogens with zero attached hydrogens (tertiary/aromatic N) is 1. The lowest BCUT2D eigenvalue weighted by Crippen LogP contribution is -2.07. The summed E-state index contributed by atoms with van der Waals surface area (Å²) in [6, 6.07) is 8.42. The van der Waals surface area contributed by atoms with Gasteiger partial charge in [0.25, 0.3) is 0 Å². The summed E-state index contributed by atoms with van der Waals surface area (Å²) >= 11 is 5.98. The van der Waals surface area contributed by atoms with Crippen LogP contribution in [0.2, 0.25) is 5.02 Å². The number of benzene rings is 1. The molecular formula is C14H14ClFN2. The first-order chi connectivity index (χ1) is 8.66. The minimum absolute atomic E-state index is 0.197. The first-order valence-corrected chi connectivity index (χ1v) is 6.14. The molecule has 0 spiro atoms. The van der Waals surface area contributed by atoms with Crippen molar-refractivity contribution in [1.82, 2.24) is 4.98 Å². The summed E-state index contributed by atoms with van der Waals surface area (Å²) in [5.41, 5.74) is 2.08. The average Bonchev–Trinajstić information content (AvgIpc) is 2.34. The van der Waals surface area contributed by atoms with E-state index in [4.69, 9.17) is 11.6 Å². The second kappa shape index (κ2) is 5.83. The number of anilines is 1. The normalized spacial score (nSPS) is 10.4. The van der Waals surface area contributed by atoms with Gasteiger partial charge in [-0.25, -0.2) is 9.37 Å². The molecule has 2 rings (SSSR count). The predicted molar refractivity (Wildman–Crippen MR) is 72.6 cm³/mol. The van der Waals surface area contributed by atoms with Gasteiger partial charge in [-0.15, -0.1) is 0 Å². The largest absolute Gasteiger partial charge is 0.369 e. The van der Waals surface area contributed by atoms with Gasteiger partial charge in [-0.05, 0) is 48.7 Å². The van der Waals surface area contributed by atoms with E-state index in [-0.39, 0.29) is 5.82 Å². The van der Waals surface area contributed by atoms with Crippen molar-refractivity contribution < 1.29 is 4.39 Å². The van der Waals surface area contributed by atoms with Gasteiger partial charge in [0.2, 0.25) is 0 Å². The third-order valence-corrected chi connectivity index (χ3v) is 3.05. The highest BCUT2D eigenvalue weighted by atomic mass is 35.5. The van der Waals surface area contributed by atoms with E-state index in [1.165, 1.54) is 6.07 Å². The predicted octanol–water partition coefficient (Wildman–Crippen LogP) is 3.84. The van der Waals surface area contributed by atoms with E-state index in [0.717, 1.165) is 17.5 Å². The molecule has 0 aliphatic heterocycles. The van der Waals surface area contributed by atoms with Gasteiger partial charge in [-0.3, -0.25) is 0 Å². The van der Waals surface area contributed by atoms with Gasteiger partial charge in [-0.2, -0.15) is 0 Å². The van der Waals surface area contributed by atoms with Crippen LogP contribution in [0.15, 0.2) is 36.5 Å². The Labute approximate surface area is 111 Å². The van der Waals surface area contributed by atoms with Crippen LogP contribution in [-0.2, 0) is 6.42 Å². The second-order valence-electron chi connectivity index (χ2n) is 4.08. The van der Waals surface area contributed by atoms with E-state index in [1.807, 2.05) is 13.0 Å². The van der Waals surface area contributed by atoms with Crippen LogP contribution >= 0.6 is 11.6 Å². The molecule has 1 aromatic heterocycles. The molecule has 1 aromatic carbocycles. The molecule has 0 saturated heterocycles. The second-order valence-corrected chi connectivity index (χ2v) is 4.49. The molecule has 1 N–H and O–H groups in total. The zero-order valence-electron chi connectivity index (χ0n) is 10.1. The minimum atomic E-state index is -0.197. The molecule has 94 valence electrons. The average molecular weight is 265 g/mol. The molecule has 4 heteroatoms. The van der Waals surface area contributed by atoms with E-state index >= 15 is 0 Å². The number of hydrogen-bond acceptors (Lipinski definition) is 2. The smallest absolute Gasteiger partial charge is 0.144 e. The minimum Gasteiger partial charge on any atom is -0.369 e. The van der Waals surface area contributed by atoms with E-state index in [2.05, 4.69) is 10.3 Å². The molecule has 0 aliphatic carbocycles. The quantitative estimate of drug-likeness (QED) is 0.908. The van der Waals surface area contributed by atoms with Crippen LogP contribution in [0.4, 0.5) is 10.2 Å². The maximum absolute atomic E-state index is 12.9. The lowest BCUT2D eigenvalue weighted by atomic mass is 10.1. The molecular weight excluding hydrogens is 251 g/mol. The van der Waals surface area contributed by atoms with Gasteiger partial charge in [0.05, 0.1) is 5.02 Å². The number of nitrogens with one attached hydrogen (secondary N) is 1. The molecule has 0 saturated carbocycles. The first-order valence-electron chi connectivity index (χ1n) is 5.76. The highest BCUT2D eigenvalue weighted by Crippen LogP contribution is 2.17. The summed E-state index contributed by atoms with van der Waals surface area (Å²) in [4.78, 5) is 4.14. The number of aromatic nitrogens is 1. The zero-order valence-corrected chi connectivity index (χ0v) is 10.8. The van der Waals surface area contributed by atoms with Crippen LogP contribution in [0.1, 0.15) is 11.1 Å². The molecule has 0 radical (unpaired) electrons. The molecule has 1 heterocycles. The zero-order chi connectivity index (χ0) is 13.0. The maximum atomic E-state index is 12.9. The summed E-state index contributed by atoms with van der Waals surface area (Å²) in [5, 5.41) is 3.77. The molecule has 2 aromatic rings. The Morgan fingerprint density at radius 1 is 1.33 bits per heavy atom. The SMILES string of the molecule is Cc1cc(F)ccc1CCNc1ncccc1Cl. The molecule has 0 unspecified atom stereocenters. The van der Waals surface area contributed by atoms with Crippen LogP contribution in [-0.4, -0.2) is 11.5 Å². The maximum Gasteiger partial charge on any atom is 0.144 e. The third-order valence-electron chi connectivity index (χ3n) is 2.75. The fourth-order valence-corrected chi connectivity index (χ4v) is 1.96. The van der Waals surface area contributed by atoms with Crippen LogP contribution < -0.4 is 5.32 Å². The van der Waals surface area contributed by atoms with Crippen molar-refractivity contribution in [3.8, 4) is 0 Å². The Hall–Kier alpha value is -1.61. The summed E-state index contributed by atoms with van der Waals surface area (Å²) in [6.07, 6.45) is 2.50. The Balaban J connectivity index is 1.95. The van der Waals surface area contributed by atoms with Gasteiger partial charge in [0.15, 0.2) is 0 Å². The summed E-state index contributed by atoms with van der Waals surface area (Å²) < 4.78 is 12.9. The third kappa shape index (κ3) is 3.20. The topological polar surface area (TPSA) is 24.9 Å². The fourth-order valence-electron chi connectivity index (χ4n) is 1.77. The van der Waals surface area contributed by atoms with Gasteiger partial charge < -0.3 is 5.32 Å². The summed E-state index contributed by atoms with van der Waals surface area (Å²) in [7, 11) is 0. The van der Waals surface area contributed by atoms with Crippen LogP contribution in [0.25, 0.3) is 0 Å². The highest BCUT2D eigenvalue weighted by Gasteiger charge is 2.02. The van der Waals surface area contributed by atoms with Crippen molar-refractivity contribution in [2.45, 2.75) is 13.3 Å². The van der Waals surface area contributed by atoms with Crippen LogP contribution in [0, 0.1) is 12.7 Å². The molecule has 0 aliphatic rings. The van der Waals surface area contributed by atoms with E-state index < -0.39 is 0 Å². The van der Waals surface area contributed by atoms with Gasteiger partial charge in [-0.1, -0.05) is 17.7 Å². The monoisotopic (exact) mass is 264 g/mol. The van der Waals surface area contributed by atoms with E-state index in [0.29, 0.717) is 17.4 Å². The molecule has 0 amide bonds. The van der Waals surface area contributed by atoms with Crippen molar-refractivity contribution in [3.05, 3.63) is 58.5 Å². The Morgan fingerprint density at radius 2 is 2.17 bits per heavy atom. The van der Waals surface area contributed by atoms with Crippen LogP contribution in [0.5, 0.6) is 0 Å². The lowest BCUT2D eigenvalue weighted by molar-refractivity contribution is 0.625. The number of aryl methyl sites for hydroxylation is 1. The van der Waals surface area contributed by atoms with Crippen molar-refractivity contribution in [3.63, 3.8) is 0 Å². The van der Waals surface area contributed by atoms with E-state index in [1.54, 1.807) is 24.4 Å². The van der Waals surface area contributed by atoms with Crippen molar-refractivity contribution in [1.29, 1.82) is 0 Å². The van der Waals surface area contributed by atoms with Gasteiger partial charge >= 0.3 is 0 Å². The molecule has 0 bridgehead atoms. The number of pyridine rings is 1. The van der Waals surface area contributed by atoms with Crippen molar-refractivity contribution >= 4 is 17.4 Å². The highest BCUT2D eigenvalue weighted by molar-refractivity contribution is 6.32. The Kier molecular flexibility index (Phi) is 4.15. The molecule has 0 atom stereocenters.